The Hall–Kier alpha value is -2.04. The van der Waals surface area contributed by atoms with Crippen LogP contribution in [0.1, 0.15) is 24.2 Å². The number of amides is 1. The summed E-state index contributed by atoms with van der Waals surface area (Å²) in [6.45, 7) is 6.83. The number of hydrogen-bond donors (Lipinski definition) is 3. The van der Waals surface area contributed by atoms with Gasteiger partial charge in [0.15, 0.2) is 5.96 Å². The molecule has 8 nitrogen and oxygen atoms in total. The number of nitrogens with zero attached hydrogens (tertiary/aromatic N) is 2. The van der Waals surface area contributed by atoms with Gasteiger partial charge in [0.05, 0.1) is 19.6 Å². The van der Waals surface area contributed by atoms with Crippen molar-refractivity contribution < 1.29 is 19.4 Å². The number of phenols is 1. The molecule has 0 bridgehead atoms. The second-order valence-electron chi connectivity index (χ2n) is 6.55. The van der Waals surface area contributed by atoms with Gasteiger partial charge in [0.1, 0.15) is 5.75 Å². The molecule has 0 radical (unpaired) electrons. The lowest BCUT2D eigenvalue weighted by Crippen LogP contribution is -2.41. The number of methoxy groups -OCH3 is 1. The van der Waals surface area contributed by atoms with Crippen molar-refractivity contribution in [3.63, 3.8) is 0 Å². The van der Waals surface area contributed by atoms with E-state index >= 15 is 0 Å². The molecule has 2 unspecified atom stereocenters. The standard InChI is InChI=1S/C19H28N4O4.HI/c1-4-20-19(23-11-13(2)16(12-23)18(26)27-3)22-10-9-21-17(25)14-5-7-15(24)8-6-14;/h5-8,13,16,24H,4,9-12H2,1-3H3,(H,20,22)(H,21,25);1H. The number of aromatic hydroxyl groups is 1. The monoisotopic (exact) mass is 504 g/mol. The number of carbonyl (C=O) groups is 2. The van der Waals surface area contributed by atoms with Gasteiger partial charge in [-0.05, 0) is 37.1 Å². The fourth-order valence-corrected chi connectivity index (χ4v) is 3.07. The van der Waals surface area contributed by atoms with Gasteiger partial charge in [0, 0.05) is 31.7 Å². The summed E-state index contributed by atoms with van der Waals surface area (Å²) in [5, 5.41) is 15.3. The number of rotatable bonds is 6. The normalized spacial score (nSPS) is 19.0. The lowest BCUT2D eigenvalue weighted by atomic mass is 9.99. The summed E-state index contributed by atoms with van der Waals surface area (Å²) in [4.78, 5) is 30.5. The zero-order valence-corrected chi connectivity index (χ0v) is 18.8. The third-order valence-electron chi connectivity index (χ3n) is 4.54. The first-order valence-corrected chi connectivity index (χ1v) is 9.14. The second kappa shape index (κ2) is 11.7. The molecule has 1 aromatic rings. The van der Waals surface area contributed by atoms with Gasteiger partial charge in [-0.3, -0.25) is 14.6 Å². The van der Waals surface area contributed by atoms with Gasteiger partial charge in [0.2, 0.25) is 0 Å². The molecule has 156 valence electrons. The highest BCUT2D eigenvalue weighted by Gasteiger charge is 2.36. The molecule has 0 saturated carbocycles. The molecular formula is C19H29IN4O4. The molecule has 9 heteroatoms. The molecular weight excluding hydrogens is 475 g/mol. The first kappa shape index (κ1) is 24.0. The van der Waals surface area contributed by atoms with Crippen LogP contribution in [-0.4, -0.2) is 67.7 Å². The zero-order valence-electron chi connectivity index (χ0n) is 16.5. The highest BCUT2D eigenvalue weighted by Crippen LogP contribution is 2.24. The molecule has 0 spiro atoms. The Kier molecular flexibility index (Phi) is 10.0. The molecule has 2 atom stereocenters. The second-order valence-corrected chi connectivity index (χ2v) is 6.55. The minimum Gasteiger partial charge on any atom is -0.508 e. The van der Waals surface area contributed by atoms with Crippen LogP contribution in [0.3, 0.4) is 0 Å². The van der Waals surface area contributed by atoms with Crippen molar-refractivity contribution in [1.29, 1.82) is 0 Å². The summed E-state index contributed by atoms with van der Waals surface area (Å²) < 4.78 is 4.88. The number of phenolic OH excluding ortho intramolecular Hbond substituents is 1. The molecule has 1 aliphatic rings. The maximum absolute atomic E-state index is 12.1. The third-order valence-corrected chi connectivity index (χ3v) is 4.54. The van der Waals surface area contributed by atoms with E-state index < -0.39 is 0 Å². The van der Waals surface area contributed by atoms with E-state index in [0.717, 1.165) is 12.5 Å². The van der Waals surface area contributed by atoms with E-state index in [0.29, 0.717) is 31.7 Å². The van der Waals surface area contributed by atoms with E-state index in [2.05, 4.69) is 20.5 Å². The van der Waals surface area contributed by atoms with Crippen LogP contribution in [0.5, 0.6) is 5.75 Å². The summed E-state index contributed by atoms with van der Waals surface area (Å²) in [6, 6.07) is 6.08. The van der Waals surface area contributed by atoms with Crippen LogP contribution in [0, 0.1) is 11.8 Å². The first-order chi connectivity index (χ1) is 13.0. The average molecular weight is 504 g/mol. The lowest BCUT2D eigenvalue weighted by Gasteiger charge is -2.21. The summed E-state index contributed by atoms with van der Waals surface area (Å²) in [7, 11) is 1.41. The molecule has 0 aromatic heterocycles. The van der Waals surface area contributed by atoms with Crippen LogP contribution in [0.25, 0.3) is 0 Å². The Morgan fingerprint density at radius 1 is 1.25 bits per heavy atom. The van der Waals surface area contributed by atoms with E-state index in [9.17, 15) is 14.7 Å². The van der Waals surface area contributed by atoms with Gasteiger partial charge in [-0.25, -0.2) is 0 Å². The van der Waals surface area contributed by atoms with Crippen LogP contribution in [0.4, 0.5) is 0 Å². The predicted octanol–water partition coefficient (Wildman–Crippen LogP) is 1.45. The van der Waals surface area contributed by atoms with Crippen molar-refractivity contribution in [1.82, 2.24) is 15.5 Å². The SMILES string of the molecule is CCNC(=NCCNC(=O)c1ccc(O)cc1)N1CC(C)C(C(=O)OC)C1.I. The predicted molar refractivity (Wildman–Crippen MR) is 118 cm³/mol. The number of nitrogens with one attached hydrogen (secondary N) is 2. The van der Waals surface area contributed by atoms with Gasteiger partial charge in [-0.15, -0.1) is 24.0 Å². The van der Waals surface area contributed by atoms with E-state index in [-0.39, 0.29) is 53.4 Å². The molecule has 1 heterocycles. The molecule has 2 rings (SSSR count). The Balaban J connectivity index is 0.00000392. The number of ether oxygens (including phenoxy) is 1. The molecule has 28 heavy (non-hydrogen) atoms. The number of hydrogen-bond acceptors (Lipinski definition) is 5. The number of esters is 1. The van der Waals surface area contributed by atoms with Gasteiger partial charge in [-0.2, -0.15) is 0 Å². The molecule has 1 aliphatic heterocycles. The van der Waals surface area contributed by atoms with Gasteiger partial charge in [-0.1, -0.05) is 6.92 Å². The van der Waals surface area contributed by atoms with Crippen LogP contribution in [-0.2, 0) is 9.53 Å². The first-order valence-electron chi connectivity index (χ1n) is 9.14. The summed E-state index contributed by atoms with van der Waals surface area (Å²) in [6.07, 6.45) is 0. The number of aliphatic imine (C=N–C) groups is 1. The van der Waals surface area contributed by atoms with Crippen molar-refractivity contribution in [3.8, 4) is 5.75 Å². The van der Waals surface area contributed by atoms with E-state index in [1.165, 1.54) is 19.2 Å². The zero-order chi connectivity index (χ0) is 19.8. The maximum atomic E-state index is 12.1. The number of likely N-dealkylation sites (tertiary alicyclic amines) is 1. The van der Waals surface area contributed by atoms with Gasteiger partial charge in [0.25, 0.3) is 5.91 Å². The Bertz CT molecular complexity index is 681. The maximum Gasteiger partial charge on any atom is 0.310 e. The van der Waals surface area contributed by atoms with E-state index in [1.54, 1.807) is 12.1 Å². The minimum absolute atomic E-state index is 0. The van der Waals surface area contributed by atoms with Crippen LogP contribution >= 0.6 is 24.0 Å². The number of guanidine groups is 1. The summed E-state index contributed by atoms with van der Waals surface area (Å²) in [5.41, 5.74) is 0.484. The molecule has 1 aromatic carbocycles. The molecule has 1 fully saturated rings. The number of carbonyl (C=O) groups excluding carboxylic acids is 2. The highest BCUT2D eigenvalue weighted by molar-refractivity contribution is 14.0. The third kappa shape index (κ3) is 6.54. The van der Waals surface area contributed by atoms with Crippen molar-refractivity contribution in [2.45, 2.75) is 13.8 Å². The fourth-order valence-electron chi connectivity index (χ4n) is 3.07. The van der Waals surface area contributed by atoms with Crippen molar-refractivity contribution in [3.05, 3.63) is 29.8 Å². The Morgan fingerprint density at radius 3 is 2.54 bits per heavy atom. The van der Waals surface area contributed by atoms with Crippen LogP contribution < -0.4 is 10.6 Å². The summed E-state index contributed by atoms with van der Waals surface area (Å²) in [5.74, 6) is 0.479. The molecule has 0 aliphatic carbocycles. The van der Waals surface area contributed by atoms with Crippen molar-refractivity contribution in [2.24, 2.45) is 16.8 Å². The topological polar surface area (TPSA) is 103 Å². The molecule has 3 N–H and O–H groups in total. The molecule has 1 saturated heterocycles. The quantitative estimate of drug-likeness (QED) is 0.178. The van der Waals surface area contributed by atoms with E-state index in [1.807, 2.05) is 13.8 Å². The fraction of sp³-hybridized carbons (Fsp3) is 0.526. The average Bonchev–Trinajstić information content (AvgIpc) is 3.05. The Morgan fingerprint density at radius 2 is 1.93 bits per heavy atom. The number of halogens is 1. The van der Waals surface area contributed by atoms with Crippen LogP contribution in [0.2, 0.25) is 0 Å². The van der Waals surface area contributed by atoms with Crippen LogP contribution in [0.15, 0.2) is 29.3 Å². The van der Waals surface area contributed by atoms with Crippen molar-refractivity contribution >= 4 is 41.8 Å². The van der Waals surface area contributed by atoms with E-state index in [4.69, 9.17) is 4.74 Å². The van der Waals surface area contributed by atoms with Crippen molar-refractivity contribution in [2.75, 3.05) is 39.8 Å². The molecule has 1 amide bonds. The highest BCUT2D eigenvalue weighted by atomic mass is 127. The lowest BCUT2D eigenvalue weighted by molar-refractivity contribution is -0.145. The largest absolute Gasteiger partial charge is 0.508 e. The minimum atomic E-state index is -0.212. The summed E-state index contributed by atoms with van der Waals surface area (Å²) >= 11 is 0. The smallest absolute Gasteiger partial charge is 0.310 e. The van der Waals surface area contributed by atoms with Gasteiger partial charge >= 0.3 is 5.97 Å². The Labute approximate surface area is 182 Å². The number of benzene rings is 1. The van der Waals surface area contributed by atoms with Gasteiger partial charge < -0.3 is 25.4 Å².